The highest BCUT2D eigenvalue weighted by Crippen LogP contribution is 2.25. The highest BCUT2D eigenvalue weighted by Gasteiger charge is 2.23. The molecule has 0 N–H and O–H groups in total. The van der Waals surface area contributed by atoms with Crippen LogP contribution in [0.15, 0.2) is 58.7 Å². The third-order valence-electron chi connectivity index (χ3n) is 4.38. The van der Waals surface area contributed by atoms with E-state index < -0.39 is 4.92 Å². The second-order valence-electron chi connectivity index (χ2n) is 6.02. The molecule has 0 aliphatic rings. The number of aryl methyl sites for hydroxylation is 1. The fourth-order valence-corrected chi connectivity index (χ4v) is 4.25. The molecule has 4 aromatic rings. The van der Waals surface area contributed by atoms with E-state index >= 15 is 0 Å². The van der Waals surface area contributed by atoms with Gasteiger partial charge in [-0.3, -0.25) is 10.1 Å². The third kappa shape index (κ3) is 2.48. The molecular weight excluding hydrogens is 350 g/mol. The van der Waals surface area contributed by atoms with Crippen LogP contribution in [0.4, 0.5) is 5.69 Å². The van der Waals surface area contributed by atoms with Gasteiger partial charge in [-0.25, -0.2) is 4.79 Å². The fraction of sp³-hybridized carbons (Fsp3) is 0.158. The Morgan fingerprint density at radius 3 is 2.58 bits per heavy atom. The normalized spacial score (nSPS) is 11.3. The van der Waals surface area contributed by atoms with Crippen molar-refractivity contribution >= 4 is 32.9 Å². The summed E-state index contributed by atoms with van der Waals surface area (Å²) < 4.78 is 3.88. The summed E-state index contributed by atoms with van der Waals surface area (Å²) in [5.74, 6) is 0. The third-order valence-corrected chi connectivity index (χ3v) is 5.34. The number of hydrogen-bond acceptors (Lipinski definition) is 4. The first-order valence-electron chi connectivity index (χ1n) is 8.31. The first-order chi connectivity index (χ1) is 12.6. The van der Waals surface area contributed by atoms with Crippen molar-refractivity contribution in [1.82, 2.24) is 4.57 Å². The molecule has 26 heavy (non-hydrogen) atoms. The summed E-state index contributed by atoms with van der Waals surface area (Å²) >= 11 is 1.51. The summed E-state index contributed by atoms with van der Waals surface area (Å²) in [6.45, 7) is 2.69. The number of fused-ring (bicyclic) bond motifs is 3. The molecule has 0 radical (unpaired) electrons. The smallest absolute Gasteiger partial charge is 0.258 e. The maximum absolute atomic E-state index is 12.9. The van der Waals surface area contributed by atoms with Crippen LogP contribution in [0.3, 0.4) is 0 Å². The zero-order chi connectivity index (χ0) is 18.3. The highest BCUT2D eigenvalue weighted by atomic mass is 32.1. The summed E-state index contributed by atoms with van der Waals surface area (Å²) in [5, 5.41) is 13.6. The molecule has 6 nitrogen and oxygen atoms in total. The van der Waals surface area contributed by atoms with Crippen molar-refractivity contribution in [2.75, 3.05) is 0 Å². The van der Waals surface area contributed by atoms with Gasteiger partial charge in [0.15, 0.2) is 5.69 Å². The Labute approximate surface area is 152 Å². The Bertz CT molecular complexity index is 1190. The van der Waals surface area contributed by atoms with Crippen molar-refractivity contribution < 1.29 is 9.32 Å². The minimum absolute atomic E-state index is 0.0135. The Balaban J connectivity index is 2.06. The largest absolute Gasteiger partial charge is 0.349 e. The lowest BCUT2D eigenvalue weighted by atomic mass is 10.1. The second-order valence-corrected chi connectivity index (χ2v) is 6.85. The van der Waals surface area contributed by atoms with Gasteiger partial charge in [0.2, 0.25) is 0 Å². The van der Waals surface area contributed by atoms with E-state index in [2.05, 4.69) is 4.40 Å². The molecule has 0 aliphatic carbocycles. The number of thiazole rings is 1. The minimum Gasteiger partial charge on any atom is -0.258 e. The number of nitro benzene ring substituents is 1. The first kappa shape index (κ1) is 16.4. The van der Waals surface area contributed by atoms with Crippen LogP contribution in [0.25, 0.3) is 27.1 Å². The Hall–Kier alpha value is -3.06. The molecule has 0 saturated carbocycles. The second kappa shape index (κ2) is 6.34. The first-order valence-corrected chi connectivity index (χ1v) is 9.19. The molecule has 7 heteroatoms. The lowest BCUT2D eigenvalue weighted by Crippen LogP contribution is -2.34. The number of non-ortho nitro benzene ring substituents is 1. The number of rotatable bonds is 4. The van der Waals surface area contributed by atoms with Crippen molar-refractivity contribution in [1.29, 1.82) is 0 Å². The molecule has 0 amide bonds. The SMILES string of the molecule is CCCn1c(=O)c2ccccc2[n+]2c(-c3ccc([N+](=O)[O-])cc3)csc12. The van der Waals surface area contributed by atoms with Crippen LogP contribution in [-0.2, 0) is 6.54 Å². The number of benzene rings is 2. The lowest BCUT2D eigenvalue weighted by Gasteiger charge is -2.04. The molecule has 0 spiro atoms. The van der Waals surface area contributed by atoms with E-state index in [1.807, 2.05) is 41.1 Å². The Morgan fingerprint density at radius 1 is 1.15 bits per heavy atom. The summed E-state index contributed by atoms with van der Waals surface area (Å²) in [6, 6.07) is 14.1. The van der Waals surface area contributed by atoms with E-state index in [1.165, 1.54) is 23.5 Å². The molecule has 0 bridgehead atoms. The molecule has 0 atom stereocenters. The Kier molecular flexibility index (Phi) is 4.00. The monoisotopic (exact) mass is 366 g/mol. The summed E-state index contributed by atoms with van der Waals surface area (Å²) in [5.41, 5.74) is 2.71. The van der Waals surface area contributed by atoms with Crippen LogP contribution in [-0.4, -0.2) is 9.49 Å². The van der Waals surface area contributed by atoms with Gasteiger partial charge in [-0.05, 0) is 30.7 Å². The van der Waals surface area contributed by atoms with E-state index in [9.17, 15) is 14.9 Å². The van der Waals surface area contributed by atoms with Crippen LogP contribution in [0.2, 0.25) is 0 Å². The summed E-state index contributed by atoms with van der Waals surface area (Å²) in [7, 11) is 0. The summed E-state index contributed by atoms with van der Waals surface area (Å²) in [6.07, 6.45) is 0.860. The zero-order valence-electron chi connectivity index (χ0n) is 14.1. The number of nitrogens with zero attached hydrogens (tertiary/aromatic N) is 3. The van der Waals surface area contributed by atoms with Crippen molar-refractivity contribution in [3.05, 3.63) is 74.4 Å². The molecular formula is C19H16N3O3S+. The van der Waals surface area contributed by atoms with Crippen LogP contribution in [0, 0.1) is 10.1 Å². The zero-order valence-corrected chi connectivity index (χ0v) is 14.9. The van der Waals surface area contributed by atoms with Gasteiger partial charge >= 0.3 is 10.5 Å². The number of hydrogen-bond donors (Lipinski definition) is 0. The lowest BCUT2D eigenvalue weighted by molar-refractivity contribution is -0.468. The van der Waals surface area contributed by atoms with Gasteiger partial charge in [-0.1, -0.05) is 30.4 Å². The van der Waals surface area contributed by atoms with Gasteiger partial charge in [0, 0.05) is 23.1 Å². The number of para-hydroxylation sites is 1. The minimum atomic E-state index is -0.406. The van der Waals surface area contributed by atoms with Gasteiger partial charge in [-0.15, -0.1) is 0 Å². The molecule has 2 aromatic carbocycles. The standard InChI is InChI=1S/C19H16N3O3S/c1-2-11-20-18(23)15-5-3-4-6-16(15)21-17(12-26-19(20)21)13-7-9-14(10-8-13)22(24)25/h3-10,12H,2,11H2,1H3/q+1. The molecule has 0 unspecified atom stereocenters. The predicted octanol–water partition coefficient (Wildman–Crippen LogP) is 3.79. The molecule has 4 rings (SSSR count). The van der Waals surface area contributed by atoms with Crippen molar-refractivity contribution in [3.8, 4) is 11.3 Å². The molecule has 0 fully saturated rings. The predicted molar refractivity (Wildman–Crippen MR) is 102 cm³/mol. The Morgan fingerprint density at radius 2 is 1.88 bits per heavy atom. The maximum atomic E-state index is 12.9. The van der Waals surface area contributed by atoms with Crippen molar-refractivity contribution in [2.45, 2.75) is 19.9 Å². The fourth-order valence-electron chi connectivity index (χ4n) is 3.19. The highest BCUT2D eigenvalue weighted by molar-refractivity contribution is 7.15. The number of nitro groups is 1. The number of aromatic nitrogens is 2. The summed E-state index contributed by atoms with van der Waals surface area (Å²) in [4.78, 5) is 24.2. The van der Waals surface area contributed by atoms with E-state index in [-0.39, 0.29) is 11.2 Å². The molecule has 130 valence electrons. The topological polar surface area (TPSA) is 69.2 Å². The van der Waals surface area contributed by atoms with Crippen molar-refractivity contribution in [3.63, 3.8) is 0 Å². The van der Waals surface area contributed by atoms with E-state index in [4.69, 9.17) is 0 Å². The van der Waals surface area contributed by atoms with E-state index in [0.717, 1.165) is 28.2 Å². The molecule has 0 saturated heterocycles. The quantitative estimate of drug-likeness (QED) is 0.313. The van der Waals surface area contributed by atoms with Crippen LogP contribution in [0.5, 0.6) is 0 Å². The molecule has 0 aliphatic heterocycles. The van der Waals surface area contributed by atoms with Crippen LogP contribution in [0.1, 0.15) is 13.3 Å². The van der Waals surface area contributed by atoms with Gasteiger partial charge in [-0.2, -0.15) is 8.97 Å². The van der Waals surface area contributed by atoms with Crippen LogP contribution < -0.4 is 9.96 Å². The average molecular weight is 366 g/mol. The molecule has 2 heterocycles. The van der Waals surface area contributed by atoms with Gasteiger partial charge in [0.05, 0.1) is 11.5 Å². The molecule has 2 aromatic heterocycles. The van der Waals surface area contributed by atoms with E-state index in [1.54, 1.807) is 12.1 Å². The van der Waals surface area contributed by atoms with Gasteiger partial charge < -0.3 is 0 Å². The maximum Gasteiger partial charge on any atom is 0.349 e. The van der Waals surface area contributed by atoms with Gasteiger partial charge in [0.1, 0.15) is 10.9 Å². The van der Waals surface area contributed by atoms with E-state index in [0.29, 0.717) is 11.9 Å². The van der Waals surface area contributed by atoms with Crippen molar-refractivity contribution in [2.24, 2.45) is 0 Å². The van der Waals surface area contributed by atoms with Gasteiger partial charge in [0.25, 0.3) is 5.69 Å². The van der Waals surface area contributed by atoms with Crippen LogP contribution >= 0.6 is 11.3 Å². The average Bonchev–Trinajstić information content (AvgIpc) is 3.10.